The van der Waals surface area contributed by atoms with Gasteiger partial charge in [0, 0.05) is 6.54 Å². The van der Waals surface area contributed by atoms with Crippen LogP contribution < -0.4 is 10.6 Å². The molecule has 116 valence electrons. The van der Waals surface area contributed by atoms with Crippen molar-refractivity contribution in [3.63, 3.8) is 0 Å². The number of carbonyl (C=O) groups excluding carboxylic acids is 1. The molecular weight excluding hydrogens is 276 g/mol. The van der Waals surface area contributed by atoms with Crippen LogP contribution in [0.25, 0.3) is 10.8 Å². The fourth-order valence-electron chi connectivity index (χ4n) is 3.03. The van der Waals surface area contributed by atoms with Gasteiger partial charge in [-0.15, -0.1) is 0 Å². The van der Waals surface area contributed by atoms with Crippen molar-refractivity contribution in [1.82, 2.24) is 10.6 Å². The number of rotatable bonds is 3. The lowest BCUT2D eigenvalue weighted by Gasteiger charge is -2.28. The lowest BCUT2D eigenvalue weighted by molar-refractivity contribution is 0.0943. The van der Waals surface area contributed by atoms with E-state index in [1.54, 1.807) is 0 Å². The van der Waals surface area contributed by atoms with Gasteiger partial charge < -0.3 is 15.7 Å². The number of hydrogen-bond donors (Lipinski definition) is 3. The summed E-state index contributed by atoms with van der Waals surface area (Å²) in [5.41, 5.74) is 1.07. The first-order chi connectivity index (χ1) is 10.7. The first-order valence-corrected chi connectivity index (χ1v) is 7.92. The smallest absolute Gasteiger partial charge is 0.315 e. The second-order valence-corrected chi connectivity index (χ2v) is 5.97. The van der Waals surface area contributed by atoms with Crippen molar-refractivity contribution in [3.8, 4) is 0 Å². The van der Waals surface area contributed by atoms with Gasteiger partial charge in [0.25, 0.3) is 0 Å². The molecule has 0 bridgehead atoms. The molecule has 2 unspecified atom stereocenters. The van der Waals surface area contributed by atoms with Crippen LogP contribution in [-0.4, -0.2) is 23.3 Å². The molecule has 2 atom stereocenters. The van der Waals surface area contributed by atoms with Gasteiger partial charge >= 0.3 is 6.03 Å². The Balaban J connectivity index is 1.55. The Labute approximate surface area is 130 Å². The van der Waals surface area contributed by atoms with E-state index >= 15 is 0 Å². The average molecular weight is 298 g/mol. The van der Waals surface area contributed by atoms with Gasteiger partial charge in [-0.1, -0.05) is 49.2 Å². The van der Waals surface area contributed by atoms with Gasteiger partial charge in [-0.3, -0.25) is 0 Å². The Kier molecular flexibility index (Phi) is 4.59. The minimum absolute atomic E-state index is 0.120. The van der Waals surface area contributed by atoms with Crippen molar-refractivity contribution in [2.45, 2.75) is 44.4 Å². The van der Waals surface area contributed by atoms with Crippen LogP contribution in [0.5, 0.6) is 0 Å². The molecule has 3 rings (SSSR count). The Morgan fingerprint density at radius 2 is 1.86 bits per heavy atom. The molecule has 0 aliphatic heterocycles. The Bertz CT molecular complexity index is 656. The fraction of sp³-hybridized carbons (Fsp3) is 0.389. The minimum Gasteiger partial charge on any atom is -0.391 e. The van der Waals surface area contributed by atoms with E-state index in [4.69, 9.17) is 0 Å². The minimum atomic E-state index is -0.417. The lowest BCUT2D eigenvalue weighted by Crippen LogP contribution is -2.48. The maximum atomic E-state index is 12.0. The van der Waals surface area contributed by atoms with E-state index in [2.05, 4.69) is 34.9 Å². The van der Waals surface area contributed by atoms with Gasteiger partial charge in [0.2, 0.25) is 0 Å². The van der Waals surface area contributed by atoms with Crippen LogP contribution in [-0.2, 0) is 6.54 Å². The van der Waals surface area contributed by atoms with Crippen molar-refractivity contribution >= 4 is 16.8 Å². The zero-order chi connectivity index (χ0) is 15.4. The molecule has 22 heavy (non-hydrogen) atoms. The fourth-order valence-corrected chi connectivity index (χ4v) is 3.03. The molecular formula is C18H22N2O2. The van der Waals surface area contributed by atoms with E-state index < -0.39 is 6.10 Å². The van der Waals surface area contributed by atoms with Crippen LogP contribution in [0.3, 0.4) is 0 Å². The zero-order valence-corrected chi connectivity index (χ0v) is 12.6. The summed E-state index contributed by atoms with van der Waals surface area (Å²) in [6.07, 6.45) is 3.31. The standard InChI is InChI=1S/C18H22N2O2/c21-17-8-4-3-7-16(17)20-18(22)19-12-13-9-10-14-5-1-2-6-15(14)11-13/h1-2,5-6,9-11,16-17,21H,3-4,7-8,12H2,(H2,19,20,22). The molecule has 2 aromatic rings. The molecule has 0 spiro atoms. The number of benzene rings is 2. The highest BCUT2D eigenvalue weighted by atomic mass is 16.3. The van der Waals surface area contributed by atoms with E-state index in [9.17, 15) is 9.90 Å². The summed E-state index contributed by atoms with van der Waals surface area (Å²) in [7, 11) is 0. The summed E-state index contributed by atoms with van der Waals surface area (Å²) in [4.78, 5) is 12.0. The predicted molar refractivity (Wildman–Crippen MR) is 87.6 cm³/mol. The van der Waals surface area contributed by atoms with Crippen LogP contribution in [0.2, 0.25) is 0 Å². The second-order valence-electron chi connectivity index (χ2n) is 5.97. The van der Waals surface area contributed by atoms with Crippen LogP contribution in [0.4, 0.5) is 4.79 Å². The van der Waals surface area contributed by atoms with E-state index in [1.807, 2.05) is 18.2 Å². The van der Waals surface area contributed by atoms with E-state index in [1.165, 1.54) is 10.8 Å². The first-order valence-electron chi connectivity index (χ1n) is 7.92. The number of carbonyl (C=O) groups is 1. The van der Waals surface area contributed by atoms with E-state index in [0.29, 0.717) is 6.54 Å². The van der Waals surface area contributed by atoms with Gasteiger partial charge in [0.15, 0.2) is 0 Å². The molecule has 1 aliphatic rings. The van der Waals surface area contributed by atoms with E-state index in [0.717, 1.165) is 31.2 Å². The highest BCUT2D eigenvalue weighted by molar-refractivity contribution is 5.83. The van der Waals surface area contributed by atoms with Crippen molar-refractivity contribution in [2.75, 3.05) is 0 Å². The van der Waals surface area contributed by atoms with Crippen molar-refractivity contribution in [2.24, 2.45) is 0 Å². The summed E-state index contributed by atoms with van der Waals surface area (Å²) < 4.78 is 0. The SMILES string of the molecule is O=C(NCc1ccc2ccccc2c1)NC1CCCCC1O. The summed E-state index contributed by atoms with van der Waals surface area (Å²) in [5.74, 6) is 0. The Hall–Kier alpha value is -2.07. The van der Waals surface area contributed by atoms with Gasteiger partial charge in [0.1, 0.15) is 0 Å². The molecule has 4 nitrogen and oxygen atoms in total. The third kappa shape index (κ3) is 3.57. The quantitative estimate of drug-likeness (QED) is 0.816. The lowest BCUT2D eigenvalue weighted by atomic mass is 9.93. The van der Waals surface area contributed by atoms with E-state index in [-0.39, 0.29) is 12.1 Å². The van der Waals surface area contributed by atoms with Crippen LogP contribution in [0.15, 0.2) is 42.5 Å². The predicted octanol–water partition coefficient (Wildman–Crippen LogP) is 2.94. The summed E-state index contributed by atoms with van der Waals surface area (Å²) in [6.45, 7) is 0.486. The highest BCUT2D eigenvalue weighted by Gasteiger charge is 2.24. The number of nitrogens with one attached hydrogen (secondary N) is 2. The Morgan fingerprint density at radius 1 is 1.09 bits per heavy atom. The number of urea groups is 1. The molecule has 1 fully saturated rings. The molecule has 1 saturated carbocycles. The first kappa shape index (κ1) is 14.9. The molecule has 2 aromatic carbocycles. The molecule has 0 saturated heterocycles. The molecule has 0 heterocycles. The van der Waals surface area contributed by atoms with Crippen molar-refractivity contribution in [3.05, 3.63) is 48.0 Å². The van der Waals surface area contributed by atoms with Gasteiger partial charge in [-0.25, -0.2) is 4.79 Å². The van der Waals surface area contributed by atoms with Crippen LogP contribution >= 0.6 is 0 Å². The second kappa shape index (κ2) is 6.79. The molecule has 2 amide bonds. The molecule has 0 radical (unpaired) electrons. The number of amides is 2. The van der Waals surface area contributed by atoms with Gasteiger partial charge in [-0.2, -0.15) is 0 Å². The van der Waals surface area contributed by atoms with Crippen LogP contribution in [0.1, 0.15) is 31.2 Å². The molecule has 3 N–H and O–H groups in total. The normalized spacial score (nSPS) is 21.5. The number of hydrogen-bond acceptors (Lipinski definition) is 2. The third-order valence-electron chi connectivity index (χ3n) is 4.31. The highest BCUT2D eigenvalue weighted by Crippen LogP contribution is 2.18. The third-order valence-corrected chi connectivity index (χ3v) is 4.31. The number of aliphatic hydroxyl groups excluding tert-OH is 1. The van der Waals surface area contributed by atoms with Gasteiger partial charge in [0.05, 0.1) is 12.1 Å². The van der Waals surface area contributed by atoms with Crippen molar-refractivity contribution in [1.29, 1.82) is 0 Å². The summed E-state index contributed by atoms with van der Waals surface area (Å²) in [6, 6.07) is 14.0. The largest absolute Gasteiger partial charge is 0.391 e. The average Bonchev–Trinajstić information content (AvgIpc) is 2.55. The molecule has 1 aliphatic carbocycles. The number of aliphatic hydroxyl groups is 1. The van der Waals surface area contributed by atoms with Crippen molar-refractivity contribution < 1.29 is 9.90 Å². The zero-order valence-electron chi connectivity index (χ0n) is 12.6. The topological polar surface area (TPSA) is 61.4 Å². The Morgan fingerprint density at radius 3 is 2.68 bits per heavy atom. The molecule has 0 aromatic heterocycles. The monoisotopic (exact) mass is 298 g/mol. The summed E-state index contributed by atoms with van der Waals surface area (Å²) >= 11 is 0. The van der Waals surface area contributed by atoms with Gasteiger partial charge in [-0.05, 0) is 35.2 Å². The summed E-state index contributed by atoms with van der Waals surface area (Å²) in [5, 5.41) is 18.0. The number of fused-ring (bicyclic) bond motifs is 1. The maximum absolute atomic E-state index is 12.0. The van der Waals surface area contributed by atoms with Crippen LogP contribution in [0, 0.1) is 0 Å². The molecule has 4 heteroatoms. The maximum Gasteiger partial charge on any atom is 0.315 e.